The Hall–Kier alpha value is -1.32. The molecule has 0 aliphatic carbocycles. The average molecular weight is 199 g/mol. The number of aromatic nitrogens is 2. The lowest BCUT2D eigenvalue weighted by atomic mass is 10.4. The van der Waals surface area contributed by atoms with E-state index in [-0.39, 0.29) is 5.03 Å². The van der Waals surface area contributed by atoms with E-state index in [4.69, 9.17) is 6.42 Å². The third-order valence-electron chi connectivity index (χ3n) is 1.35. The monoisotopic (exact) mass is 199 g/mol. The molecule has 1 rings (SSSR count). The Morgan fingerprint density at radius 1 is 1.77 bits per heavy atom. The average Bonchev–Trinajstić information content (AvgIpc) is 2.55. The van der Waals surface area contributed by atoms with Gasteiger partial charge in [0, 0.05) is 0 Å². The van der Waals surface area contributed by atoms with Gasteiger partial charge in [0.1, 0.15) is 0 Å². The van der Waals surface area contributed by atoms with E-state index in [0.29, 0.717) is 0 Å². The number of terminal acetylenes is 1. The van der Waals surface area contributed by atoms with Gasteiger partial charge in [-0.3, -0.25) is 5.10 Å². The van der Waals surface area contributed by atoms with Crippen LogP contribution in [0.1, 0.15) is 6.92 Å². The first-order valence-electron chi connectivity index (χ1n) is 3.54. The molecule has 6 heteroatoms. The maximum atomic E-state index is 11.4. The van der Waals surface area contributed by atoms with Crippen LogP contribution < -0.4 is 4.72 Å². The Balaban J connectivity index is 2.87. The van der Waals surface area contributed by atoms with Crippen molar-refractivity contribution in [3.8, 4) is 12.3 Å². The van der Waals surface area contributed by atoms with Crippen LogP contribution in [0.2, 0.25) is 0 Å². The summed E-state index contributed by atoms with van der Waals surface area (Å²) in [5, 5.41) is 5.87. The third-order valence-corrected chi connectivity index (χ3v) is 2.82. The predicted molar refractivity (Wildman–Crippen MR) is 47.2 cm³/mol. The first-order valence-corrected chi connectivity index (χ1v) is 5.02. The quantitative estimate of drug-likeness (QED) is 0.657. The highest BCUT2D eigenvalue weighted by molar-refractivity contribution is 7.89. The molecule has 0 radical (unpaired) electrons. The minimum Gasteiger partial charge on any atom is -0.266 e. The fourth-order valence-corrected chi connectivity index (χ4v) is 1.80. The van der Waals surface area contributed by atoms with E-state index in [0.717, 1.165) is 0 Å². The highest BCUT2D eigenvalue weighted by Gasteiger charge is 2.16. The Morgan fingerprint density at radius 3 is 2.92 bits per heavy atom. The van der Waals surface area contributed by atoms with Gasteiger partial charge in [0.25, 0.3) is 10.0 Å². The van der Waals surface area contributed by atoms with E-state index in [1.165, 1.54) is 12.3 Å². The molecule has 0 amide bonds. The van der Waals surface area contributed by atoms with Crippen molar-refractivity contribution in [1.29, 1.82) is 0 Å². The molecule has 70 valence electrons. The molecule has 0 aliphatic rings. The number of hydrogen-bond donors (Lipinski definition) is 2. The highest BCUT2D eigenvalue weighted by atomic mass is 32.2. The molecule has 0 spiro atoms. The largest absolute Gasteiger partial charge is 0.266 e. The molecule has 0 aliphatic heterocycles. The number of H-pyrrole nitrogens is 1. The smallest absolute Gasteiger partial charge is 0.258 e. The normalized spacial score (nSPS) is 13.5. The third kappa shape index (κ3) is 2.31. The summed E-state index contributed by atoms with van der Waals surface area (Å²) in [4.78, 5) is 0. The zero-order chi connectivity index (χ0) is 9.90. The molecule has 0 saturated heterocycles. The summed E-state index contributed by atoms with van der Waals surface area (Å²) < 4.78 is 25.0. The Labute approximate surface area is 76.6 Å². The molecule has 5 nitrogen and oxygen atoms in total. The van der Waals surface area contributed by atoms with E-state index >= 15 is 0 Å². The summed E-state index contributed by atoms with van der Waals surface area (Å²) in [7, 11) is -3.54. The van der Waals surface area contributed by atoms with Crippen LogP contribution >= 0.6 is 0 Å². The second-order valence-electron chi connectivity index (χ2n) is 2.43. The molecule has 1 aromatic rings. The lowest BCUT2D eigenvalue weighted by Crippen LogP contribution is -2.31. The molecule has 1 heterocycles. The van der Waals surface area contributed by atoms with Crippen LogP contribution in [0.3, 0.4) is 0 Å². The first kappa shape index (κ1) is 9.77. The van der Waals surface area contributed by atoms with Crippen LogP contribution in [-0.2, 0) is 10.0 Å². The molecule has 13 heavy (non-hydrogen) atoms. The maximum Gasteiger partial charge on any atom is 0.258 e. The van der Waals surface area contributed by atoms with Gasteiger partial charge in [0.05, 0.1) is 12.2 Å². The highest BCUT2D eigenvalue weighted by Crippen LogP contribution is 2.02. The van der Waals surface area contributed by atoms with Gasteiger partial charge in [-0.25, -0.2) is 8.42 Å². The topological polar surface area (TPSA) is 74.8 Å². The number of aromatic amines is 1. The van der Waals surface area contributed by atoms with E-state index in [1.807, 2.05) is 0 Å². The molecule has 0 aromatic carbocycles. The van der Waals surface area contributed by atoms with Gasteiger partial charge in [-0.1, -0.05) is 5.92 Å². The van der Waals surface area contributed by atoms with Crippen LogP contribution in [0.25, 0.3) is 0 Å². The van der Waals surface area contributed by atoms with E-state index in [2.05, 4.69) is 20.8 Å². The molecular weight excluding hydrogens is 190 g/mol. The molecule has 1 aromatic heterocycles. The van der Waals surface area contributed by atoms with Crippen LogP contribution in [0.4, 0.5) is 0 Å². The van der Waals surface area contributed by atoms with E-state index in [1.54, 1.807) is 6.92 Å². The van der Waals surface area contributed by atoms with E-state index in [9.17, 15) is 8.42 Å². The van der Waals surface area contributed by atoms with Crippen molar-refractivity contribution >= 4 is 10.0 Å². The van der Waals surface area contributed by atoms with Gasteiger partial charge in [0.15, 0.2) is 5.03 Å². The van der Waals surface area contributed by atoms with Crippen LogP contribution in [0.15, 0.2) is 17.3 Å². The van der Waals surface area contributed by atoms with Crippen LogP contribution in [-0.4, -0.2) is 24.7 Å². The number of nitrogens with one attached hydrogen (secondary N) is 2. The minimum absolute atomic E-state index is 0.00889. The van der Waals surface area contributed by atoms with Crippen molar-refractivity contribution < 1.29 is 8.42 Å². The molecule has 2 N–H and O–H groups in total. The van der Waals surface area contributed by atoms with Crippen molar-refractivity contribution in [2.75, 3.05) is 0 Å². The summed E-state index contributed by atoms with van der Waals surface area (Å²) in [5.41, 5.74) is 0. The van der Waals surface area contributed by atoms with Gasteiger partial charge < -0.3 is 0 Å². The SMILES string of the molecule is C#CC(C)NS(=O)(=O)c1ccn[nH]1. The molecular formula is C7H9N3O2S. The fraction of sp³-hybridized carbons (Fsp3) is 0.286. The van der Waals surface area contributed by atoms with Crippen molar-refractivity contribution in [2.24, 2.45) is 0 Å². The second-order valence-corrected chi connectivity index (χ2v) is 4.11. The van der Waals surface area contributed by atoms with Crippen molar-refractivity contribution in [3.05, 3.63) is 12.3 Å². The molecule has 0 saturated carbocycles. The summed E-state index contributed by atoms with van der Waals surface area (Å²) in [6.45, 7) is 1.58. The van der Waals surface area contributed by atoms with Crippen molar-refractivity contribution in [3.63, 3.8) is 0 Å². The van der Waals surface area contributed by atoms with Gasteiger partial charge in [-0.05, 0) is 13.0 Å². The van der Waals surface area contributed by atoms with Crippen molar-refractivity contribution in [2.45, 2.75) is 18.0 Å². The van der Waals surface area contributed by atoms with Gasteiger partial charge in [0.2, 0.25) is 0 Å². The lowest BCUT2D eigenvalue weighted by molar-refractivity contribution is 0.573. The number of rotatable bonds is 3. The van der Waals surface area contributed by atoms with Crippen LogP contribution in [0.5, 0.6) is 0 Å². The van der Waals surface area contributed by atoms with E-state index < -0.39 is 16.1 Å². The predicted octanol–water partition coefficient (Wildman–Crippen LogP) is -0.290. The minimum atomic E-state index is -3.54. The fourth-order valence-electron chi connectivity index (χ4n) is 0.723. The lowest BCUT2D eigenvalue weighted by Gasteiger charge is -2.05. The molecule has 0 fully saturated rings. The van der Waals surface area contributed by atoms with Gasteiger partial charge in [-0.15, -0.1) is 6.42 Å². The molecule has 1 atom stereocenters. The molecule has 1 unspecified atom stereocenters. The zero-order valence-electron chi connectivity index (χ0n) is 6.98. The Kier molecular flexibility index (Phi) is 2.70. The number of sulfonamides is 1. The zero-order valence-corrected chi connectivity index (χ0v) is 7.80. The Bertz CT molecular complexity index is 401. The van der Waals surface area contributed by atoms with Gasteiger partial charge >= 0.3 is 0 Å². The first-order chi connectivity index (χ1) is 6.06. The maximum absolute atomic E-state index is 11.4. The van der Waals surface area contributed by atoms with Gasteiger partial charge in [-0.2, -0.15) is 9.82 Å². The second kappa shape index (κ2) is 3.60. The number of nitrogens with zero attached hydrogens (tertiary/aromatic N) is 1. The summed E-state index contributed by atoms with van der Waals surface area (Å²) in [6.07, 6.45) is 6.39. The summed E-state index contributed by atoms with van der Waals surface area (Å²) >= 11 is 0. The Morgan fingerprint density at radius 2 is 2.46 bits per heavy atom. The summed E-state index contributed by atoms with van der Waals surface area (Å²) in [5.74, 6) is 2.26. The van der Waals surface area contributed by atoms with Crippen LogP contribution in [0, 0.1) is 12.3 Å². The van der Waals surface area contributed by atoms with Crippen molar-refractivity contribution in [1.82, 2.24) is 14.9 Å². The number of hydrogen-bond acceptors (Lipinski definition) is 3. The molecule has 0 bridgehead atoms. The summed E-state index contributed by atoms with van der Waals surface area (Å²) in [6, 6.07) is 0.819. The standard InChI is InChI=1S/C7H9N3O2S/c1-3-6(2)10-13(11,12)7-4-5-8-9-7/h1,4-6,10H,2H3,(H,8,9).